The van der Waals surface area contributed by atoms with Gasteiger partial charge in [-0.15, -0.1) is 5.10 Å². The van der Waals surface area contributed by atoms with Crippen LogP contribution < -0.4 is 5.32 Å². The van der Waals surface area contributed by atoms with E-state index in [2.05, 4.69) is 35.3 Å². The van der Waals surface area contributed by atoms with E-state index in [4.69, 9.17) is 0 Å². The molecule has 78 valence electrons. The summed E-state index contributed by atoms with van der Waals surface area (Å²) in [5.41, 5.74) is 2.29. The van der Waals surface area contributed by atoms with Gasteiger partial charge in [-0.25, -0.2) is 0 Å². The summed E-state index contributed by atoms with van der Waals surface area (Å²) in [4.78, 5) is 0. The summed E-state index contributed by atoms with van der Waals surface area (Å²) in [6.45, 7) is 9.19. The molecule has 0 saturated heterocycles. The van der Waals surface area contributed by atoms with Crippen LogP contribution in [0.15, 0.2) is 17.5 Å². The first-order chi connectivity index (χ1) is 6.77. The number of hydrogen-bond donors (Lipinski definition) is 1. The first-order valence-corrected chi connectivity index (χ1v) is 5.78. The van der Waals surface area contributed by atoms with Crippen LogP contribution in [0.3, 0.4) is 0 Å². The second-order valence-corrected chi connectivity index (χ2v) is 3.86. The van der Waals surface area contributed by atoms with Gasteiger partial charge in [0.15, 0.2) is 0 Å². The summed E-state index contributed by atoms with van der Waals surface area (Å²) in [6.07, 6.45) is 1.98. The van der Waals surface area contributed by atoms with Crippen molar-refractivity contribution in [3.05, 3.63) is 23.2 Å². The standard InChI is InChI=1S/C10H17N3S/c1-4-8(3)6-9(11-5-2)10-7-14-13-12-10/h7,9,11H,3-6H2,1-2H3. The van der Waals surface area contributed by atoms with Gasteiger partial charge in [-0.1, -0.05) is 30.5 Å². The molecule has 0 radical (unpaired) electrons. The molecule has 4 heteroatoms. The lowest BCUT2D eigenvalue weighted by molar-refractivity contribution is 0.529. The monoisotopic (exact) mass is 211 g/mol. The summed E-state index contributed by atoms with van der Waals surface area (Å²) < 4.78 is 3.88. The van der Waals surface area contributed by atoms with E-state index < -0.39 is 0 Å². The van der Waals surface area contributed by atoms with Crippen LogP contribution in [0, 0.1) is 0 Å². The minimum absolute atomic E-state index is 0.284. The fourth-order valence-electron chi connectivity index (χ4n) is 1.28. The molecule has 1 aromatic rings. The summed E-state index contributed by atoms with van der Waals surface area (Å²) in [7, 11) is 0. The third-order valence-corrected chi connectivity index (χ3v) is 2.70. The summed E-state index contributed by atoms with van der Waals surface area (Å²) in [6, 6.07) is 0.284. The zero-order valence-corrected chi connectivity index (χ0v) is 9.60. The van der Waals surface area contributed by atoms with Gasteiger partial charge in [-0.05, 0) is 30.9 Å². The van der Waals surface area contributed by atoms with E-state index in [1.807, 2.05) is 5.38 Å². The lowest BCUT2D eigenvalue weighted by Gasteiger charge is -2.15. The second-order valence-electron chi connectivity index (χ2n) is 3.25. The quantitative estimate of drug-likeness (QED) is 0.735. The van der Waals surface area contributed by atoms with Crippen molar-refractivity contribution in [3.63, 3.8) is 0 Å². The van der Waals surface area contributed by atoms with Crippen LogP contribution in [0.5, 0.6) is 0 Å². The fourth-order valence-corrected chi connectivity index (χ4v) is 1.79. The minimum atomic E-state index is 0.284. The fraction of sp³-hybridized carbons (Fsp3) is 0.600. The molecule has 1 unspecified atom stereocenters. The van der Waals surface area contributed by atoms with Gasteiger partial charge in [0.1, 0.15) is 0 Å². The molecular formula is C10H17N3S. The predicted octanol–water partition coefficient (Wildman–Crippen LogP) is 2.55. The Hall–Kier alpha value is -0.740. The smallest absolute Gasteiger partial charge is 0.0927 e. The largest absolute Gasteiger partial charge is 0.309 e. The Morgan fingerprint density at radius 1 is 1.64 bits per heavy atom. The lowest BCUT2D eigenvalue weighted by atomic mass is 10.0. The van der Waals surface area contributed by atoms with Crippen LogP contribution in [0.2, 0.25) is 0 Å². The molecule has 0 fully saturated rings. The van der Waals surface area contributed by atoms with Crippen molar-refractivity contribution in [1.29, 1.82) is 0 Å². The first kappa shape index (κ1) is 11.3. The molecule has 0 spiro atoms. The van der Waals surface area contributed by atoms with E-state index in [0.29, 0.717) is 0 Å². The van der Waals surface area contributed by atoms with E-state index in [0.717, 1.165) is 25.1 Å². The lowest BCUT2D eigenvalue weighted by Crippen LogP contribution is -2.21. The molecule has 3 nitrogen and oxygen atoms in total. The van der Waals surface area contributed by atoms with E-state index in [9.17, 15) is 0 Å². The molecule has 1 heterocycles. The van der Waals surface area contributed by atoms with Gasteiger partial charge in [-0.2, -0.15) is 0 Å². The molecule has 1 aromatic heterocycles. The minimum Gasteiger partial charge on any atom is -0.309 e. The molecule has 0 aliphatic rings. The number of rotatable bonds is 6. The Kier molecular flexibility index (Phi) is 4.76. The molecule has 1 atom stereocenters. The van der Waals surface area contributed by atoms with Gasteiger partial charge in [0.25, 0.3) is 0 Å². The maximum Gasteiger partial charge on any atom is 0.0927 e. The van der Waals surface area contributed by atoms with Crippen molar-refractivity contribution in [2.75, 3.05) is 6.54 Å². The molecule has 14 heavy (non-hydrogen) atoms. The Bertz CT molecular complexity index is 269. The van der Waals surface area contributed by atoms with Gasteiger partial charge in [0.2, 0.25) is 0 Å². The summed E-state index contributed by atoms with van der Waals surface area (Å²) >= 11 is 1.40. The van der Waals surface area contributed by atoms with Crippen molar-refractivity contribution >= 4 is 11.5 Å². The molecule has 0 bridgehead atoms. The summed E-state index contributed by atoms with van der Waals surface area (Å²) in [5, 5.41) is 9.48. The highest BCUT2D eigenvalue weighted by Crippen LogP contribution is 2.20. The van der Waals surface area contributed by atoms with Gasteiger partial charge in [0.05, 0.1) is 11.7 Å². The normalized spacial score (nSPS) is 12.7. The van der Waals surface area contributed by atoms with Crippen LogP contribution in [0.25, 0.3) is 0 Å². The Balaban J connectivity index is 2.60. The predicted molar refractivity (Wildman–Crippen MR) is 60.4 cm³/mol. The molecule has 0 aromatic carbocycles. The molecular weight excluding hydrogens is 194 g/mol. The Morgan fingerprint density at radius 2 is 2.43 bits per heavy atom. The number of nitrogens with zero attached hydrogens (tertiary/aromatic N) is 2. The van der Waals surface area contributed by atoms with E-state index >= 15 is 0 Å². The number of hydrogen-bond acceptors (Lipinski definition) is 4. The highest BCUT2D eigenvalue weighted by atomic mass is 32.1. The Morgan fingerprint density at radius 3 is 2.93 bits per heavy atom. The van der Waals surface area contributed by atoms with Gasteiger partial charge in [0, 0.05) is 5.38 Å². The van der Waals surface area contributed by atoms with Gasteiger partial charge in [-0.3, -0.25) is 0 Å². The van der Waals surface area contributed by atoms with Crippen LogP contribution in [0.4, 0.5) is 0 Å². The van der Waals surface area contributed by atoms with Crippen molar-refractivity contribution in [2.24, 2.45) is 0 Å². The topological polar surface area (TPSA) is 37.8 Å². The molecule has 0 aliphatic carbocycles. The van der Waals surface area contributed by atoms with E-state index in [1.165, 1.54) is 17.1 Å². The molecule has 0 saturated carbocycles. The van der Waals surface area contributed by atoms with Crippen LogP contribution in [-0.2, 0) is 0 Å². The molecule has 1 rings (SSSR count). The maximum absolute atomic E-state index is 4.09. The second kappa shape index (κ2) is 5.88. The SMILES string of the molecule is C=C(CC)CC(NCC)c1csnn1. The van der Waals surface area contributed by atoms with Gasteiger partial charge >= 0.3 is 0 Å². The number of aromatic nitrogens is 2. The Labute approximate surface area is 89.4 Å². The maximum atomic E-state index is 4.09. The third kappa shape index (κ3) is 3.20. The van der Waals surface area contributed by atoms with Crippen molar-refractivity contribution in [3.8, 4) is 0 Å². The molecule has 0 amide bonds. The number of nitrogens with one attached hydrogen (secondary N) is 1. The summed E-state index contributed by atoms with van der Waals surface area (Å²) in [5.74, 6) is 0. The highest BCUT2D eigenvalue weighted by molar-refractivity contribution is 7.03. The van der Waals surface area contributed by atoms with Crippen LogP contribution >= 0.6 is 11.5 Å². The van der Waals surface area contributed by atoms with Crippen LogP contribution in [0.1, 0.15) is 38.4 Å². The van der Waals surface area contributed by atoms with E-state index in [1.54, 1.807) is 0 Å². The molecule has 1 N–H and O–H groups in total. The average Bonchev–Trinajstić information content (AvgIpc) is 2.69. The average molecular weight is 211 g/mol. The highest BCUT2D eigenvalue weighted by Gasteiger charge is 2.13. The molecule has 0 aliphatic heterocycles. The van der Waals surface area contributed by atoms with Crippen molar-refractivity contribution < 1.29 is 0 Å². The zero-order chi connectivity index (χ0) is 10.4. The third-order valence-electron chi connectivity index (χ3n) is 2.18. The van der Waals surface area contributed by atoms with Crippen molar-refractivity contribution in [2.45, 2.75) is 32.7 Å². The van der Waals surface area contributed by atoms with Gasteiger partial charge < -0.3 is 5.32 Å². The zero-order valence-electron chi connectivity index (χ0n) is 8.79. The van der Waals surface area contributed by atoms with Crippen LogP contribution in [-0.4, -0.2) is 16.1 Å². The van der Waals surface area contributed by atoms with E-state index in [-0.39, 0.29) is 6.04 Å². The van der Waals surface area contributed by atoms with Crippen molar-refractivity contribution in [1.82, 2.24) is 14.9 Å². The first-order valence-electron chi connectivity index (χ1n) is 4.94.